The lowest BCUT2D eigenvalue weighted by molar-refractivity contribution is 0.812. The van der Waals surface area contributed by atoms with Gasteiger partial charge in [-0.2, -0.15) is 5.26 Å². The van der Waals surface area contributed by atoms with Crippen molar-refractivity contribution >= 4 is 32.3 Å². The molecule has 13 heavy (non-hydrogen) atoms. The minimum Gasteiger partial charge on any atom is -0.366 e. The number of hydrogen-bond acceptors (Lipinski definition) is 3. The Morgan fingerprint density at radius 2 is 2.38 bits per heavy atom. The number of hydrogen-bond donors (Lipinski definition) is 0. The van der Waals surface area contributed by atoms with Gasteiger partial charge in [0.2, 0.25) is 0 Å². The van der Waals surface area contributed by atoms with Gasteiger partial charge >= 0.3 is 0 Å². The van der Waals surface area contributed by atoms with Crippen LogP contribution in [0, 0.1) is 11.3 Å². The molecule has 1 aromatic heterocycles. The van der Waals surface area contributed by atoms with E-state index in [0.717, 1.165) is 16.8 Å². The van der Waals surface area contributed by atoms with Gasteiger partial charge in [-0.15, -0.1) is 11.3 Å². The molecule has 0 aliphatic rings. The maximum atomic E-state index is 8.38. The fourth-order valence-electron chi connectivity index (χ4n) is 1.02. The average Bonchev–Trinajstić information content (AvgIpc) is 2.52. The molecule has 0 unspecified atom stereocenters. The Labute approximate surface area is 90.9 Å². The molecule has 1 heterocycles. The maximum Gasteiger partial charge on any atom is 0.0917 e. The molecule has 2 nitrogen and oxygen atoms in total. The minimum atomic E-state index is 0.636. The van der Waals surface area contributed by atoms with Crippen molar-refractivity contribution in [1.29, 1.82) is 5.26 Å². The molecule has 0 spiro atoms. The summed E-state index contributed by atoms with van der Waals surface area (Å²) >= 11 is 5.14. The number of unbranched alkanes of at least 4 members (excludes halogenated alkanes) is 1. The van der Waals surface area contributed by atoms with E-state index in [2.05, 4.69) is 40.0 Å². The quantitative estimate of drug-likeness (QED) is 0.776. The molecule has 1 rings (SSSR count). The van der Waals surface area contributed by atoms with E-state index in [1.165, 1.54) is 5.00 Å². The van der Waals surface area contributed by atoms with Crippen molar-refractivity contribution in [2.24, 2.45) is 0 Å². The molecule has 0 N–H and O–H groups in total. The lowest BCUT2D eigenvalue weighted by Gasteiger charge is -2.15. The number of nitriles is 1. The summed E-state index contributed by atoms with van der Waals surface area (Å²) in [5.74, 6) is 0. The Kier molecular flexibility index (Phi) is 4.26. The normalized spacial score (nSPS) is 9.62. The van der Waals surface area contributed by atoms with Gasteiger partial charge in [0.25, 0.3) is 0 Å². The van der Waals surface area contributed by atoms with Gasteiger partial charge < -0.3 is 4.90 Å². The van der Waals surface area contributed by atoms with E-state index >= 15 is 0 Å². The molecule has 0 radical (unpaired) electrons. The molecular formula is C9H11BrN2S. The molecule has 0 saturated carbocycles. The fourth-order valence-corrected chi connectivity index (χ4v) is 2.36. The first kappa shape index (κ1) is 10.6. The van der Waals surface area contributed by atoms with E-state index in [4.69, 9.17) is 5.26 Å². The number of nitrogens with zero attached hydrogens (tertiary/aromatic N) is 2. The average molecular weight is 259 g/mol. The van der Waals surface area contributed by atoms with Crippen molar-refractivity contribution in [3.63, 3.8) is 0 Å². The Bertz CT molecular complexity index is 303. The number of halogens is 1. The van der Waals surface area contributed by atoms with E-state index < -0.39 is 0 Å². The summed E-state index contributed by atoms with van der Waals surface area (Å²) in [6.07, 6.45) is 1.57. The van der Waals surface area contributed by atoms with E-state index in [-0.39, 0.29) is 0 Å². The van der Waals surface area contributed by atoms with Crippen LogP contribution in [0.25, 0.3) is 0 Å². The van der Waals surface area contributed by atoms with Crippen molar-refractivity contribution in [3.8, 4) is 6.07 Å². The topological polar surface area (TPSA) is 27.0 Å². The monoisotopic (exact) mass is 258 g/mol. The van der Waals surface area contributed by atoms with Crippen molar-refractivity contribution in [1.82, 2.24) is 0 Å². The van der Waals surface area contributed by atoms with E-state index in [0.29, 0.717) is 6.42 Å². The maximum absolute atomic E-state index is 8.38. The van der Waals surface area contributed by atoms with Crippen LogP contribution in [-0.4, -0.2) is 13.6 Å². The molecule has 1 aromatic rings. The van der Waals surface area contributed by atoms with Crippen LogP contribution in [-0.2, 0) is 0 Å². The highest BCUT2D eigenvalue weighted by molar-refractivity contribution is 9.11. The summed E-state index contributed by atoms with van der Waals surface area (Å²) in [6, 6.07) is 6.27. The first-order valence-electron chi connectivity index (χ1n) is 4.07. The van der Waals surface area contributed by atoms with Crippen LogP contribution in [0.1, 0.15) is 12.8 Å². The Balaban J connectivity index is 2.40. The second-order valence-corrected chi connectivity index (χ2v) is 5.20. The molecule has 0 amide bonds. The highest BCUT2D eigenvalue weighted by atomic mass is 79.9. The molecular weight excluding hydrogens is 248 g/mol. The summed E-state index contributed by atoms with van der Waals surface area (Å²) in [5.41, 5.74) is 0. The smallest absolute Gasteiger partial charge is 0.0917 e. The standard InChI is InChI=1S/C9H11BrN2S/c1-12(7-3-2-6-11)9-5-4-8(10)13-9/h4-5H,2-3,7H2,1H3. The SMILES string of the molecule is CN(CCCC#N)c1ccc(Br)s1. The van der Waals surface area contributed by atoms with E-state index in [9.17, 15) is 0 Å². The van der Waals surface area contributed by atoms with Crippen LogP contribution < -0.4 is 4.90 Å². The van der Waals surface area contributed by atoms with E-state index in [1.807, 2.05) is 6.07 Å². The molecule has 0 bridgehead atoms. The summed E-state index contributed by atoms with van der Waals surface area (Å²) in [7, 11) is 2.05. The molecule has 0 aliphatic heterocycles. The van der Waals surface area contributed by atoms with E-state index in [1.54, 1.807) is 11.3 Å². The number of anilines is 1. The zero-order valence-corrected chi connectivity index (χ0v) is 9.86. The first-order chi connectivity index (χ1) is 6.24. The summed E-state index contributed by atoms with van der Waals surface area (Å²) < 4.78 is 1.15. The number of thiophene rings is 1. The third kappa shape index (κ3) is 3.37. The lowest BCUT2D eigenvalue weighted by Crippen LogP contribution is -2.16. The molecule has 4 heteroatoms. The van der Waals surface area contributed by atoms with Crippen LogP contribution in [0.2, 0.25) is 0 Å². The zero-order chi connectivity index (χ0) is 9.68. The van der Waals surface area contributed by atoms with Gasteiger partial charge in [-0.1, -0.05) is 0 Å². The molecule has 70 valence electrons. The third-order valence-electron chi connectivity index (χ3n) is 1.72. The Hall–Kier alpha value is -0.530. The fraction of sp³-hybridized carbons (Fsp3) is 0.444. The molecule has 0 saturated heterocycles. The Morgan fingerprint density at radius 1 is 1.62 bits per heavy atom. The summed E-state index contributed by atoms with van der Waals surface area (Å²) in [6.45, 7) is 0.945. The molecule has 0 aliphatic carbocycles. The van der Waals surface area contributed by atoms with Crippen LogP contribution >= 0.6 is 27.3 Å². The van der Waals surface area contributed by atoms with Crippen molar-refractivity contribution in [2.45, 2.75) is 12.8 Å². The lowest BCUT2D eigenvalue weighted by atomic mass is 10.3. The van der Waals surface area contributed by atoms with Crippen molar-refractivity contribution in [2.75, 3.05) is 18.5 Å². The summed E-state index contributed by atoms with van der Waals surface area (Å²) in [4.78, 5) is 2.17. The highest BCUT2D eigenvalue weighted by Crippen LogP contribution is 2.29. The number of rotatable bonds is 4. The third-order valence-corrected chi connectivity index (χ3v) is 3.46. The van der Waals surface area contributed by atoms with Gasteiger partial charge in [-0.3, -0.25) is 0 Å². The van der Waals surface area contributed by atoms with Crippen LogP contribution in [0.5, 0.6) is 0 Å². The zero-order valence-electron chi connectivity index (χ0n) is 7.46. The van der Waals surface area contributed by atoms with Gasteiger partial charge in [0, 0.05) is 20.0 Å². The van der Waals surface area contributed by atoms with Gasteiger partial charge in [0.05, 0.1) is 14.9 Å². The van der Waals surface area contributed by atoms with Crippen LogP contribution in [0.3, 0.4) is 0 Å². The van der Waals surface area contributed by atoms with Gasteiger partial charge in [-0.05, 0) is 34.5 Å². The van der Waals surface area contributed by atoms with Crippen LogP contribution in [0.15, 0.2) is 15.9 Å². The molecule has 0 aromatic carbocycles. The minimum absolute atomic E-state index is 0.636. The largest absolute Gasteiger partial charge is 0.366 e. The van der Waals surface area contributed by atoms with Gasteiger partial charge in [0.15, 0.2) is 0 Å². The molecule has 0 fully saturated rings. The highest BCUT2D eigenvalue weighted by Gasteiger charge is 2.02. The van der Waals surface area contributed by atoms with Crippen LogP contribution in [0.4, 0.5) is 5.00 Å². The first-order valence-corrected chi connectivity index (χ1v) is 5.68. The predicted molar refractivity (Wildman–Crippen MR) is 60.1 cm³/mol. The second-order valence-electron chi connectivity index (χ2n) is 2.76. The van der Waals surface area contributed by atoms with Crippen molar-refractivity contribution < 1.29 is 0 Å². The van der Waals surface area contributed by atoms with Gasteiger partial charge in [-0.25, -0.2) is 0 Å². The summed E-state index contributed by atoms with van der Waals surface area (Å²) in [5, 5.41) is 9.62. The predicted octanol–water partition coefficient (Wildman–Crippen LogP) is 3.25. The second kappa shape index (κ2) is 5.25. The van der Waals surface area contributed by atoms with Gasteiger partial charge in [0.1, 0.15) is 0 Å². The Morgan fingerprint density at radius 3 is 2.92 bits per heavy atom. The van der Waals surface area contributed by atoms with Crippen molar-refractivity contribution in [3.05, 3.63) is 15.9 Å². The molecule has 0 atom stereocenters.